The average Bonchev–Trinajstić information content (AvgIpc) is 3.19. The molecule has 1 fully saturated rings. The fourth-order valence-electron chi connectivity index (χ4n) is 3.43. The van der Waals surface area contributed by atoms with Crippen LogP contribution in [0.1, 0.15) is 22.6 Å². The van der Waals surface area contributed by atoms with Gasteiger partial charge in [-0.3, -0.25) is 9.80 Å². The zero-order valence-electron chi connectivity index (χ0n) is 16.0. The lowest BCUT2D eigenvalue weighted by atomic mass is 10.1. The zero-order chi connectivity index (χ0) is 19.3. The van der Waals surface area contributed by atoms with Crippen LogP contribution in [-0.2, 0) is 13.1 Å². The van der Waals surface area contributed by atoms with Crippen LogP contribution in [0.15, 0.2) is 53.1 Å². The van der Waals surface area contributed by atoms with Crippen LogP contribution in [0.2, 0.25) is 0 Å². The Bertz CT molecular complexity index is 965. The number of nitrogens with zero attached hydrogens (tertiary/aromatic N) is 5. The van der Waals surface area contributed by atoms with Gasteiger partial charge in [0, 0.05) is 38.3 Å². The molecule has 4 rings (SSSR count). The molecule has 1 saturated heterocycles. The van der Waals surface area contributed by atoms with Crippen molar-refractivity contribution in [2.45, 2.75) is 20.0 Å². The maximum Gasteiger partial charge on any atom is 0.241 e. The van der Waals surface area contributed by atoms with Crippen molar-refractivity contribution in [3.8, 4) is 17.5 Å². The Morgan fingerprint density at radius 1 is 1.00 bits per heavy atom. The largest absolute Gasteiger partial charge is 0.338 e. The molecule has 28 heavy (non-hydrogen) atoms. The number of rotatable bonds is 5. The standard InChI is InChI=1S/C22H23N5O/c1-17-5-7-20(8-6-17)22-24-21(28-25-22)16-27-11-9-26(10-12-27)15-19-4-2-3-18(13-19)14-23/h2-8,13H,9-12,15-16H2,1H3. The Labute approximate surface area is 165 Å². The van der Waals surface area contributed by atoms with Gasteiger partial charge in [-0.15, -0.1) is 0 Å². The summed E-state index contributed by atoms with van der Waals surface area (Å²) in [5, 5.41) is 13.2. The van der Waals surface area contributed by atoms with Crippen molar-refractivity contribution < 1.29 is 4.52 Å². The summed E-state index contributed by atoms with van der Waals surface area (Å²) < 4.78 is 5.45. The minimum Gasteiger partial charge on any atom is -0.338 e. The van der Waals surface area contributed by atoms with Crippen LogP contribution < -0.4 is 0 Å². The zero-order valence-corrected chi connectivity index (χ0v) is 16.0. The molecule has 0 atom stereocenters. The predicted molar refractivity (Wildman–Crippen MR) is 106 cm³/mol. The normalized spacial score (nSPS) is 15.4. The van der Waals surface area contributed by atoms with Crippen molar-refractivity contribution in [3.05, 3.63) is 71.1 Å². The molecule has 0 amide bonds. The Kier molecular flexibility index (Phi) is 5.47. The van der Waals surface area contributed by atoms with E-state index in [-0.39, 0.29) is 0 Å². The second-order valence-electron chi connectivity index (χ2n) is 7.24. The van der Waals surface area contributed by atoms with Gasteiger partial charge >= 0.3 is 0 Å². The van der Waals surface area contributed by atoms with E-state index in [9.17, 15) is 0 Å². The highest BCUT2D eigenvalue weighted by atomic mass is 16.5. The lowest BCUT2D eigenvalue weighted by Crippen LogP contribution is -2.45. The first-order valence-electron chi connectivity index (χ1n) is 9.53. The number of nitriles is 1. The molecule has 0 unspecified atom stereocenters. The molecule has 6 heteroatoms. The Balaban J connectivity index is 1.30. The van der Waals surface area contributed by atoms with Gasteiger partial charge in [0.1, 0.15) is 0 Å². The van der Waals surface area contributed by atoms with Gasteiger partial charge in [0.2, 0.25) is 11.7 Å². The fraction of sp³-hybridized carbons (Fsp3) is 0.318. The third-order valence-corrected chi connectivity index (χ3v) is 5.06. The fourth-order valence-corrected chi connectivity index (χ4v) is 3.43. The summed E-state index contributed by atoms with van der Waals surface area (Å²) in [5.41, 5.74) is 4.10. The smallest absolute Gasteiger partial charge is 0.241 e. The van der Waals surface area contributed by atoms with Crippen molar-refractivity contribution in [2.24, 2.45) is 0 Å². The Hall–Kier alpha value is -3.01. The number of hydrogen-bond acceptors (Lipinski definition) is 6. The first-order chi connectivity index (χ1) is 13.7. The van der Waals surface area contributed by atoms with Gasteiger partial charge < -0.3 is 4.52 Å². The summed E-state index contributed by atoms with van der Waals surface area (Å²) >= 11 is 0. The van der Waals surface area contributed by atoms with Gasteiger partial charge in [0.05, 0.1) is 18.2 Å². The average molecular weight is 373 g/mol. The maximum absolute atomic E-state index is 9.04. The van der Waals surface area contributed by atoms with Crippen LogP contribution in [0.25, 0.3) is 11.4 Å². The van der Waals surface area contributed by atoms with Crippen LogP contribution in [-0.4, -0.2) is 46.1 Å². The van der Waals surface area contributed by atoms with Gasteiger partial charge in [0.15, 0.2) is 0 Å². The van der Waals surface area contributed by atoms with E-state index < -0.39 is 0 Å². The molecule has 3 aromatic rings. The quantitative estimate of drug-likeness (QED) is 0.684. The molecule has 6 nitrogen and oxygen atoms in total. The summed E-state index contributed by atoms with van der Waals surface area (Å²) in [6.07, 6.45) is 0. The topological polar surface area (TPSA) is 69.2 Å². The molecule has 0 aliphatic carbocycles. The summed E-state index contributed by atoms with van der Waals surface area (Å²) in [5.74, 6) is 1.30. The van der Waals surface area contributed by atoms with E-state index in [1.54, 1.807) is 0 Å². The lowest BCUT2D eigenvalue weighted by molar-refractivity contribution is 0.112. The molecule has 142 valence electrons. The Morgan fingerprint density at radius 2 is 1.71 bits per heavy atom. The third-order valence-electron chi connectivity index (χ3n) is 5.06. The van der Waals surface area contributed by atoms with Crippen LogP contribution in [0, 0.1) is 18.3 Å². The minimum atomic E-state index is 0.644. The Morgan fingerprint density at radius 3 is 2.43 bits per heavy atom. The molecule has 2 heterocycles. The van der Waals surface area contributed by atoms with E-state index in [4.69, 9.17) is 9.78 Å². The second kappa shape index (κ2) is 8.34. The van der Waals surface area contributed by atoms with Crippen molar-refractivity contribution >= 4 is 0 Å². The second-order valence-corrected chi connectivity index (χ2v) is 7.24. The first kappa shape index (κ1) is 18.4. The number of hydrogen-bond donors (Lipinski definition) is 0. The number of piperazine rings is 1. The molecule has 2 aromatic carbocycles. The highest BCUT2D eigenvalue weighted by Crippen LogP contribution is 2.18. The van der Waals surface area contributed by atoms with Crippen LogP contribution in [0.5, 0.6) is 0 Å². The summed E-state index contributed by atoms with van der Waals surface area (Å²) in [7, 11) is 0. The molecular weight excluding hydrogens is 350 g/mol. The number of aryl methyl sites for hydroxylation is 1. The highest BCUT2D eigenvalue weighted by Gasteiger charge is 2.19. The van der Waals surface area contributed by atoms with Gasteiger partial charge in [-0.2, -0.15) is 10.2 Å². The molecule has 1 aliphatic rings. The molecule has 0 bridgehead atoms. The number of benzene rings is 2. The van der Waals surface area contributed by atoms with Crippen LogP contribution in [0.4, 0.5) is 0 Å². The molecule has 0 saturated carbocycles. The molecule has 0 radical (unpaired) electrons. The SMILES string of the molecule is Cc1ccc(-c2noc(CN3CCN(Cc4cccc(C#N)c4)CC3)n2)cc1. The van der Waals surface area contributed by atoms with Crippen molar-refractivity contribution in [1.82, 2.24) is 19.9 Å². The lowest BCUT2D eigenvalue weighted by Gasteiger charge is -2.33. The van der Waals surface area contributed by atoms with Gasteiger partial charge in [-0.05, 0) is 24.6 Å². The van der Waals surface area contributed by atoms with E-state index in [0.717, 1.165) is 43.9 Å². The maximum atomic E-state index is 9.04. The molecular formula is C22H23N5O. The van der Waals surface area contributed by atoms with Crippen molar-refractivity contribution in [1.29, 1.82) is 5.26 Å². The van der Waals surface area contributed by atoms with Crippen molar-refractivity contribution in [3.63, 3.8) is 0 Å². The number of aromatic nitrogens is 2. The molecule has 0 N–H and O–H groups in total. The van der Waals surface area contributed by atoms with E-state index in [0.29, 0.717) is 18.3 Å². The van der Waals surface area contributed by atoms with Gasteiger partial charge in [0.25, 0.3) is 0 Å². The minimum absolute atomic E-state index is 0.644. The third kappa shape index (κ3) is 4.45. The van der Waals surface area contributed by atoms with E-state index in [1.165, 1.54) is 11.1 Å². The monoisotopic (exact) mass is 373 g/mol. The highest BCUT2D eigenvalue weighted by molar-refractivity contribution is 5.54. The summed E-state index contributed by atoms with van der Waals surface area (Å²) in [4.78, 5) is 9.30. The van der Waals surface area contributed by atoms with E-state index >= 15 is 0 Å². The van der Waals surface area contributed by atoms with Crippen molar-refractivity contribution in [2.75, 3.05) is 26.2 Å². The van der Waals surface area contributed by atoms with E-state index in [1.807, 2.05) is 30.3 Å². The molecule has 1 aliphatic heterocycles. The van der Waals surface area contributed by atoms with Crippen LogP contribution >= 0.6 is 0 Å². The van der Waals surface area contributed by atoms with Gasteiger partial charge in [-0.1, -0.05) is 47.1 Å². The van der Waals surface area contributed by atoms with Crippen LogP contribution in [0.3, 0.4) is 0 Å². The predicted octanol–water partition coefficient (Wildman–Crippen LogP) is 3.23. The summed E-state index contributed by atoms with van der Waals surface area (Å²) in [6.45, 7) is 7.50. The summed E-state index contributed by atoms with van der Waals surface area (Å²) in [6, 6.07) is 18.2. The first-order valence-corrected chi connectivity index (χ1v) is 9.53. The van der Waals surface area contributed by atoms with E-state index in [2.05, 4.69) is 51.1 Å². The van der Waals surface area contributed by atoms with Gasteiger partial charge in [-0.25, -0.2) is 0 Å². The molecule has 0 spiro atoms. The molecule has 1 aromatic heterocycles.